The van der Waals surface area contributed by atoms with E-state index in [0.29, 0.717) is 23.4 Å². The van der Waals surface area contributed by atoms with E-state index in [9.17, 15) is 14.9 Å². The number of para-hydroxylation sites is 1. The number of anilines is 1. The molecule has 7 nitrogen and oxygen atoms in total. The highest BCUT2D eigenvalue weighted by Gasteiger charge is 2.29. The second kappa shape index (κ2) is 6.27. The topological polar surface area (TPSA) is 93.8 Å². The van der Waals surface area contributed by atoms with Gasteiger partial charge in [0, 0.05) is 24.2 Å². The van der Waals surface area contributed by atoms with Gasteiger partial charge in [-0.25, -0.2) is 0 Å². The van der Waals surface area contributed by atoms with Crippen LogP contribution in [0.3, 0.4) is 0 Å². The van der Waals surface area contributed by atoms with Crippen molar-refractivity contribution in [2.75, 3.05) is 5.32 Å². The molecule has 2 aromatic carbocycles. The molecule has 1 N–H and O–H groups in total. The highest BCUT2D eigenvalue weighted by Crippen LogP contribution is 2.20. The first-order valence-corrected chi connectivity index (χ1v) is 6.97. The first kappa shape index (κ1) is 14.7. The van der Waals surface area contributed by atoms with Crippen LogP contribution < -0.4 is 5.32 Å². The number of nitrogens with one attached hydrogen (secondary N) is 1. The monoisotopic (exact) mass is 311 g/mol. The van der Waals surface area contributed by atoms with E-state index in [4.69, 9.17) is 4.84 Å². The number of oxime groups is 1. The van der Waals surface area contributed by atoms with Crippen LogP contribution in [0.2, 0.25) is 0 Å². The van der Waals surface area contributed by atoms with Crippen molar-refractivity contribution in [2.45, 2.75) is 12.5 Å². The Hall–Kier alpha value is -3.22. The molecule has 116 valence electrons. The third kappa shape index (κ3) is 3.34. The third-order valence-electron chi connectivity index (χ3n) is 3.41. The maximum atomic E-state index is 12.1. The van der Waals surface area contributed by atoms with E-state index in [1.54, 1.807) is 24.3 Å². The van der Waals surface area contributed by atoms with Gasteiger partial charge in [0.1, 0.15) is 0 Å². The standard InChI is InChI=1S/C16H13N3O4/c20-16(17-12-4-2-1-3-5-12)15-10-14(18-23-15)11-6-8-13(9-7-11)19(21)22/h1-9,15H,10H2,(H,17,20). The molecule has 1 heterocycles. The second-order valence-corrected chi connectivity index (χ2v) is 5.00. The second-order valence-electron chi connectivity index (χ2n) is 5.00. The molecule has 3 rings (SSSR count). The fourth-order valence-electron chi connectivity index (χ4n) is 2.21. The predicted molar refractivity (Wildman–Crippen MR) is 84.2 cm³/mol. The summed E-state index contributed by atoms with van der Waals surface area (Å²) in [4.78, 5) is 27.5. The number of nitrogens with zero attached hydrogens (tertiary/aromatic N) is 2. The average molecular weight is 311 g/mol. The number of hydrogen-bond acceptors (Lipinski definition) is 5. The summed E-state index contributed by atoms with van der Waals surface area (Å²) in [5.41, 5.74) is 1.98. The molecular weight excluding hydrogens is 298 g/mol. The Morgan fingerprint density at radius 1 is 1.17 bits per heavy atom. The third-order valence-corrected chi connectivity index (χ3v) is 3.41. The molecular formula is C16H13N3O4. The van der Waals surface area contributed by atoms with Crippen molar-refractivity contribution in [3.8, 4) is 0 Å². The molecule has 1 aliphatic heterocycles. The molecule has 2 aromatic rings. The van der Waals surface area contributed by atoms with Gasteiger partial charge in [0.15, 0.2) is 0 Å². The minimum absolute atomic E-state index is 0.00614. The largest absolute Gasteiger partial charge is 0.382 e. The van der Waals surface area contributed by atoms with Crippen molar-refractivity contribution in [3.05, 3.63) is 70.3 Å². The van der Waals surface area contributed by atoms with Crippen LogP contribution in [0.25, 0.3) is 0 Å². The lowest BCUT2D eigenvalue weighted by Gasteiger charge is -2.09. The van der Waals surface area contributed by atoms with Crippen molar-refractivity contribution >= 4 is 23.0 Å². The summed E-state index contributed by atoms with van der Waals surface area (Å²) in [6.45, 7) is 0. The molecule has 0 aliphatic carbocycles. The molecule has 0 spiro atoms. The number of amides is 1. The van der Waals surface area contributed by atoms with Crippen molar-refractivity contribution in [3.63, 3.8) is 0 Å². The van der Waals surface area contributed by atoms with Crippen LogP contribution in [-0.4, -0.2) is 22.6 Å². The van der Waals surface area contributed by atoms with Crippen molar-refractivity contribution in [1.29, 1.82) is 0 Å². The number of carbonyl (C=O) groups is 1. The van der Waals surface area contributed by atoms with Gasteiger partial charge in [-0.05, 0) is 29.8 Å². The lowest BCUT2D eigenvalue weighted by molar-refractivity contribution is -0.384. The molecule has 0 aromatic heterocycles. The summed E-state index contributed by atoms with van der Waals surface area (Å²) >= 11 is 0. The van der Waals surface area contributed by atoms with Crippen LogP contribution in [-0.2, 0) is 9.63 Å². The number of nitro groups is 1. The molecule has 23 heavy (non-hydrogen) atoms. The lowest BCUT2D eigenvalue weighted by Crippen LogP contribution is -2.27. The van der Waals surface area contributed by atoms with Crippen molar-refractivity contribution in [1.82, 2.24) is 0 Å². The van der Waals surface area contributed by atoms with E-state index in [1.807, 2.05) is 18.2 Å². The van der Waals surface area contributed by atoms with Crippen LogP contribution >= 0.6 is 0 Å². The summed E-state index contributed by atoms with van der Waals surface area (Å²) in [7, 11) is 0. The predicted octanol–water partition coefficient (Wildman–Crippen LogP) is 2.73. The Morgan fingerprint density at radius 3 is 2.52 bits per heavy atom. The molecule has 7 heteroatoms. The molecule has 1 atom stereocenters. The zero-order chi connectivity index (χ0) is 16.2. The zero-order valence-electron chi connectivity index (χ0n) is 12.0. The summed E-state index contributed by atoms with van der Waals surface area (Å²) in [5, 5.41) is 17.3. The normalized spacial score (nSPS) is 16.3. The molecule has 0 bridgehead atoms. The van der Waals surface area contributed by atoms with Gasteiger partial charge < -0.3 is 10.2 Å². The fraction of sp³-hybridized carbons (Fsp3) is 0.125. The zero-order valence-corrected chi connectivity index (χ0v) is 12.0. The van der Waals surface area contributed by atoms with E-state index in [0.717, 1.165) is 0 Å². The molecule has 0 radical (unpaired) electrons. The van der Waals surface area contributed by atoms with Crippen LogP contribution in [0.15, 0.2) is 59.8 Å². The quantitative estimate of drug-likeness (QED) is 0.694. The van der Waals surface area contributed by atoms with Gasteiger partial charge in [-0.1, -0.05) is 23.4 Å². The Bertz CT molecular complexity index is 757. The van der Waals surface area contributed by atoms with E-state index in [2.05, 4.69) is 10.5 Å². The summed E-state index contributed by atoms with van der Waals surface area (Å²) in [6, 6.07) is 15.1. The van der Waals surface area contributed by atoms with Crippen molar-refractivity contribution < 1.29 is 14.6 Å². The number of non-ortho nitro benzene ring substituents is 1. The number of hydrogen-bond donors (Lipinski definition) is 1. The smallest absolute Gasteiger partial charge is 0.269 e. The van der Waals surface area contributed by atoms with Gasteiger partial charge in [0.2, 0.25) is 6.10 Å². The van der Waals surface area contributed by atoms with Crippen LogP contribution in [0, 0.1) is 10.1 Å². The number of carbonyl (C=O) groups excluding carboxylic acids is 1. The number of nitro benzene ring substituents is 1. The Morgan fingerprint density at radius 2 is 1.87 bits per heavy atom. The van der Waals surface area contributed by atoms with Gasteiger partial charge in [-0.2, -0.15) is 0 Å². The van der Waals surface area contributed by atoms with E-state index in [-0.39, 0.29) is 11.6 Å². The van der Waals surface area contributed by atoms with Gasteiger partial charge >= 0.3 is 0 Å². The molecule has 0 saturated carbocycles. The van der Waals surface area contributed by atoms with E-state index >= 15 is 0 Å². The number of benzene rings is 2. The average Bonchev–Trinajstić information content (AvgIpc) is 3.06. The van der Waals surface area contributed by atoms with Crippen LogP contribution in [0.5, 0.6) is 0 Å². The van der Waals surface area contributed by atoms with Gasteiger partial charge in [0.05, 0.1) is 10.6 Å². The van der Waals surface area contributed by atoms with E-state index in [1.165, 1.54) is 12.1 Å². The minimum atomic E-state index is -0.708. The SMILES string of the molecule is O=C(Nc1ccccc1)C1CC(c2ccc([N+](=O)[O-])cc2)=NO1. The Balaban J connectivity index is 1.63. The molecule has 0 saturated heterocycles. The van der Waals surface area contributed by atoms with Gasteiger partial charge in [-0.15, -0.1) is 0 Å². The Kier molecular flexibility index (Phi) is 4.01. The molecule has 1 unspecified atom stereocenters. The maximum absolute atomic E-state index is 12.1. The number of rotatable bonds is 4. The highest BCUT2D eigenvalue weighted by molar-refractivity contribution is 6.06. The fourth-order valence-corrected chi connectivity index (χ4v) is 2.21. The molecule has 1 amide bonds. The van der Waals surface area contributed by atoms with E-state index < -0.39 is 11.0 Å². The summed E-state index contributed by atoms with van der Waals surface area (Å²) in [5.74, 6) is -0.281. The molecule has 0 fully saturated rings. The summed E-state index contributed by atoms with van der Waals surface area (Å²) in [6.07, 6.45) is -0.392. The van der Waals surface area contributed by atoms with Gasteiger partial charge in [-0.3, -0.25) is 14.9 Å². The van der Waals surface area contributed by atoms with Crippen molar-refractivity contribution in [2.24, 2.45) is 5.16 Å². The van der Waals surface area contributed by atoms with Crippen LogP contribution in [0.4, 0.5) is 11.4 Å². The minimum Gasteiger partial charge on any atom is -0.382 e. The Labute approximate surface area is 131 Å². The lowest BCUT2D eigenvalue weighted by atomic mass is 10.0. The summed E-state index contributed by atoms with van der Waals surface area (Å²) < 4.78 is 0. The highest BCUT2D eigenvalue weighted by atomic mass is 16.6. The van der Waals surface area contributed by atoms with Crippen LogP contribution in [0.1, 0.15) is 12.0 Å². The maximum Gasteiger partial charge on any atom is 0.269 e. The first-order valence-electron chi connectivity index (χ1n) is 6.97. The first-order chi connectivity index (χ1) is 11.1. The molecule has 1 aliphatic rings. The van der Waals surface area contributed by atoms with Gasteiger partial charge in [0.25, 0.3) is 11.6 Å².